The van der Waals surface area contributed by atoms with Crippen molar-refractivity contribution >= 4 is 11.6 Å². The molecule has 1 aliphatic carbocycles. The van der Waals surface area contributed by atoms with Gasteiger partial charge in [0.05, 0.1) is 16.4 Å². The van der Waals surface area contributed by atoms with Crippen LogP contribution in [0.5, 0.6) is 0 Å². The minimum atomic E-state index is -0.160. The molecule has 3 aromatic rings. The summed E-state index contributed by atoms with van der Waals surface area (Å²) in [5, 5.41) is 7.71. The van der Waals surface area contributed by atoms with Crippen molar-refractivity contribution in [2.24, 2.45) is 0 Å². The molecule has 0 spiro atoms. The maximum Gasteiger partial charge on any atom is 0.133 e. The van der Waals surface area contributed by atoms with Crippen molar-refractivity contribution in [3.05, 3.63) is 74.8 Å². The number of aromatic amines is 1. The van der Waals surface area contributed by atoms with E-state index in [0.717, 1.165) is 30.3 Å². The Bertz CT molecular complexity index is 1160. The second-order valence-corrected chi connectivity index (χ2v) is 10.8. The maximum atomic E-state index is 15.3. The van der Waals surface area contributed by atoms with Crippen molar-refractivity contribution in [3.63, 3.8) is 0 Å². The highest BCUT2D eigenvalue weighted by Gasteiger charge is 2.28. The normalized spacial score (nSPS) is 21.4. The van der Waals surface area contributed by atoms with Crippen LogP contribution in [-0.2, 0) is 12.8 Å². The van der Waals surface area contributed by atoms with Crippen molar-refractivity contribution in [1.29, 1.82) is 0 Å². The van der Waals surface area contributed by atoms with E-state index in [1.54, 1.807) is 12.3 Å². The smallest absolute Gasteiger partial charge is 0.133 e. The van der Waals surface area contributed by atoms with Crippen molar-refractivity contribution in [2.45, 2.75) is 83.6 Å². The number of rotatable bonds is 6. The monoisotopic (exact) mass is 495 g/mol. The lowest BCUT2D eigenvalue weighted by molar-refractivity contribution is 0.125. The molecule has 1 aliphatic heterocycles. The third kappa shape index (κ3) is 5.75. The van der Waals surface area contributed by atoms with Gasteiger partial charge in [-0.1, -0.05) is 24.1 Å². The van der Waals surface area contributed by atoms with Gasteiger partial charge >= 0.3 is 0 Å². The molecular formula is C28H35ClFN5. The number of H-pyrrole nitrogens is 1. The topological polar surface area (TPSA) is 57.7 Å². The summed E-state index contributed by atoms with van der Waals surface area (Å²) < 4.78 is 15.3. The van der Waals surface area contributed by atoms with E-state index in [4.69, 9.17) is 11.6 Å². The van der Waals surface area contributed by atoms with E-state index in [-0.39, 0.29) is 5.82 Å². The summed E-state index contributed by atoms with van der Waals surface area (Å²) in [6, 6.07) is 6.47. The van der Waals surface area contributed by atoms with E-state index in [2.05, 4.69) is 32.0 Å². The molecule has 0 radical (unpaired) electrons. The summed E-state index contributed by atoms with van der Waals surface area (Å²) in [6.45, 7) is 6.59. The Balaban J connectivity index is 1.26. The van der Waals surface area contributed by atoms with Gasteiger partial charge in [0, 0.05) is 30.8 Å². The van der Waals surface area contributed by atoms with Crippen LogP contribution in [0.2, 0.25) is 5.02 Å². The Kier molecular flexibility index (Phi) is 7.49. The summed E-state index contributed by atoms with van der Waals surface area (Å²) in [6.07, 6.45) is 11.3. The number of aryl methyl sites for hydroxylation is 2. The number of nitrogens with one attached hydrogen (secondary N) is 1. The average Bonchev–Trinajstić information content (AvgIpc) is 3.28. The molecule has 35 heavy (non-hydrogen) atoms. The van der Waals surface area contributed by atoms with E-state index in [0.29, 0.717) is 40.9 Å². The van der Waals surface area contributed by atoms with Crippen LogP contribution in [0.25, 0.3) is 0 Å². The minimum absolute atomic E-state index is 0.160. The van der Waals surface area contributed by atoms with Gasteiger partial charge in [-0.25, -0.2) is 14.4 Å². The Morgan fingerprint density at radius 3 is 2.51 bits per heavy atom. The van der Waals surface area contributed by atoms with Crippen molar-refractivity contribution in [3.8, 4) is 0 Å². The van der Waals surface area contributed by atoms with Crippen LogP contribution in [-0.4, -0.2) is 44.2 Å². The van der Waals surface area contributed by atoms with E-state index in [1.165, 1.54) is 56.3 Å². The van der Waals surface area contributed by atoms with Crippen LogP contribution in [0.3, 0.4) is 0 Å². The Morgan fingerprint density at radius 2 is 1.80 bits per heavy atom. The number of benzene rings is 1. The van der Waals surface area contributed by atoms with Gasteiger partial charge in [0.15, 0.2) is 0 Å². The van der Waals surface area contributed by atoms with Crippen LogP contribution >= 0.6 is 11.6 Å². The zero-order valence-electron chi connectivity index (χ0n) is 20.8. The van der Waals surface area contributed by atoms with E-state index in [1.807, 2.05) is 19.1 Å². The fourth-order valence-electron chi connectivity index (χ4n) is 5.93. The molecule has 0 bridgehead atoms. The molecule has 1 saturated carbocycles. The second-order valence-electron chi connectivity index (χ2n) is 10.4. The molecule has 0 unspecified atom stereocenters. The highest BCUT2D eigenvalue weighted by molar-refractivity contribution is 6.31. The van der Waals surface area contributed by atoms with Crippen LogP contribution < -0.4 is 0 Å². The number of likely N-dealkylation sites (tertiary alicyclic amines) is 1. The second kappa shape index (κ2) is 10.8. The molecular weight excluding hydrogens is 461 g/mol. The van der Waals surface area contributed by atoms with Crippen molar-refractivity contribution in [1.82, 2.24) is 25.1 Å². The van der Waals surface area contributed by atoms with Crippen LogP contribution in [0.15, 0.2) is 24.4 Å². The first kappa shape index (κ1) is 24.4. The fourth-order valence-corrected chi connectivity index (χ4v) is 6.09. The lowest BCUT2D eigenvalue weighted by Gasteiger charge is -2.39. The lowest BCUT2D eigenvalue weighted by atomic mass is 9.79. The Labute approximate surface area is 212 Å². The molecule has 7 heteroatoms. The number of piperidine rings is 1. The number of hydrogen-bond acceptors (Lipinski definition) is 4. The van der Waals surface area contributed by atoms with Gasteiger partial charge in [0.1, 0.15) is 11.6 Å². The van der Waals surface area contributed by atoms with Gasteiger partial charge in [-0.3, -0.25) is 5.10 Å². The van der Waals surface area contributed by atoms with Gasteiger partial charge in [-0.05, 0) is 100 Å². The highest BCUT2D eigenvalue weighted by Crippen LogP contribution is 2.37. The quantitative estimate of drug-likeness (QED) is 0.435. The van der Waals surface area contributed by atoms with Crippen molar-refractivity contribution < 1.29 is 4.39 Å². The molecule has 5 rings (SSSR count). The number of aromatic nitrogens is 4. The first-order valence-corrected chi connectivity index (χ1v) is 13.4. The number of nitrogens with zero attached hydrogens (tertiary/aromatic N) is 4. The Hall–Kier alpha value is -2.31. The summed E-state index contributed by atoms with van der Waals surface area (Å²) in [5.74, 6) is 0.867. The molecule has 2 aliphatic rings. The van der Waals surface area contributed by atoms with E-state index >= 15 is 4.39 Å². The van der Waals surface area contributed by atoms with Crippen LogP contribution in [0.4, 0.5) is 4.39 Å². The number of hydrogen-bond donors (Lipinski definition) is 1. The molecule has 5 nitrogen and oxygen atoms in total. The Morgan fingerprint density at radius 1 is 1.03 bits per heavy atom. The summed E-state index contributed by atoms with van der Waals surface area (Å²) in [7, 11) is 0. The van der Waals surface area contributed by atoms with E-state index in [9.17, 15) is 0 Å². The number of halogens is 2. The van der Waals surface area contributed by atoms with Gasteiger partial charge in [0.2, 0.25) is 0 Å². The zero-order valence-corrected chi connectivity index (χ0v) is 21.5. The SMILES string of the molecule is Cc1cc(Cc2nc(Cc3cc(C)c(C4CCC(N5CCCCC5)CC4)cc3F)ncc2Cl)n[nH]1. The molecule has 2 fully saturated rings. The lowest BCUT2D eigenvalue weighted by Crippen LogP contribution is -2.41. The molecule has 0 atom stereocenters. The van der Waals surface area contributed by atoms with Gasteiger partial charge in [-0.15, -0.1) is 0 Å². The van der Waals surface area contributed by atoms with Crippen LogP contribution in [0, 0.1) is 19.7 Å². The maximum absolute atomic E-state index is 15.3. The summed E-state index contributed by atoms with van der Waals surface area (Å²) in [4.78, 5) is 11.7. The zero-order chi connectivity index (χ0) is 24.4. The molecule has 1 aromatic carbocycles. The average molecular weight is 496 g/mol. The largest absolute Gasteiger partial charge is 0.300 e. The molecule has 2 aromatic heterocycles. The first-order valence-electron chi connectivity index (χ1n) is 13.0. The molecule has 0 amide bonds. The highest BCUT2D eigenvalue weighted by atomic mass is 35.5. The molecule has 3 heterocycles. The molecule has 186 valence electrons. The van der Waals surface area contributed by atoms with Crippen molar-refractivity contribution in [2.75, 3.05) is 13.1 Å². The van der Waals surface area contributed by atoms with Gasteiger partial charge in [-0.2, -0.15) is 5.10 Å². The molecule has 1 saturated heterocycles. The minimum Gasteiger partial charge on any atom is -0.300 e. The standard InChI is InChI=1S/C28H35ClFN5/c1-18-12-21(14-28-31-17-25(29)27(32-28)15-22-13-19(2)33-34-22)26(30)16-24(18)20-6-8-23(9-7-20)35-10-4-3-5-11-35/h12-13,16-17,20,23H,3-11,14-15H2,1-2H3,(H,33,34). The van der Waals surface area contributed by atoms with E-state index < -0.39 is 0 Å². The van der Waals surface area contributed by atoms with Gasteiger partial charge in [0.25, 0.3) is 0 Å². The predicted octanol–water partition coefficient (Wildman–Crippen LogP) is 6.30. The fraction of sp³-hybridized carbons (Fsp3) is 0.536. The summed E-state index contributed by atoms with van der Waals surface area (Å²) in [5.41, 5.74) is 5.55. The molecule has 1 N–H and O–H groups in total. The third-order valence-corrected chi connectivity index (χ3v) is 8.12. The first-order chi connectivity index (χ1) is 17.0. The van der Waals surface area contributed by atoms with Crippen LogP contribution in [0.1, 0.15) is 90.5 Å². The third-order valence-electron chi connectivity index (χ3n) is 7.80. The predicted molar refractivity (Wildman–Crippen MR) is 138 cm³/mol. The summed E-state index contributed by atoms with van der Waals surface area (Å²) >= 11 is 6.34. The van der Waals surface area contributed by atoms with Gasteiger partial charge < -0.3 is 4.90 Å².